The molecule has 0 radical (unpaired) electrons. The zero-order valence-corrected chi connectivity index (χ0v) is 16.5. The van der Waals surface area contributed by atoms with E-state index in [-0.39, 0.29) is 12.6 Å². The van der Waals surface area contributed by atoms with E-state index >= 15 is 0 Å². The molecule has 1 aromatic rings. The second-order valence-electron chi connectivity index (χ2n) is 7.13. The molecule has 0 unspecified atom stereocenters. The van der Waals surface area contributed by atoms with E-state index in [0.717, 1.165) is 18.4 Å². The first-order chi connectivity index (χ1) is 13.6. The van der Waals surface area contributed by atoms with Crippen LogP contribution in [-0.4, -0.2) is 38.3 Å². The first kappa shape index (κ1) is 20.2. The molecule has 7 nitrogen and oxygen atoms in total. The molecule has 2 amide bonds. The molecule has 1 aliphatic heterocycles. The zero-order chi connectivity index (χ0) is 19.9. The first-order valence-electron chi connectivity index (χ1n) is 9.97. The van der Waals surface area contributed by atoms with Crippen LogP contribution >= 0.6 is 0 Å². The minimum absolute atomic E-state index is 0.273. The van der Waals surface area contributed by atoms with Crippen LogP contribution in [0.4, 0.5) is 4.79 Å². The molecule has 2 aliphatic rings. The number of esters is 1. The van der Waals surface area contributed by atoms with E-state index in [9.17, 15) is 9.59 Å². The highest BCUT2D eigenvalue weighted by atomic mass is 16.5. The Hall–Kier alpha value is -2.54. The molecule has 1 fully saturated rings. The molecule has 1 aromatic carbocycles. The summed E-state index contributed by atoms with van der Waals surface area (Å²) in [6, 6.07) is 6.84. The van der Waals surface area contributed by atoms with Crippen LogP contribution < -0.4 is 20.7 Å². The molecule has 0 saturated heterocycles. The summed E-state index contributed by atoms with van der Waals surface area (Å²) in [5.41, 5.74) is 1.82. The van der Waals surface area contributed by atoms with Crippen molar-refractivity contribution in [3.8, 4) is 5.75 Å². The van der Waals surface area contributed by atoms with Gasteiger partial charge in [0.25, 0.3) is 0 Å². The Bertz CT molecular complexity index is 724. The minimum Gasteiger partial charge on any atom is -0.497 e. The van der Waals surface area contributed by atoms with Gasteiger partial charge >= 0.3 is 12.0 Å². The quantitative estimate of drug-likeness (QED) is 0.626. The van der Waals surface area contributed by atoms with Crippen molar-refractivity contribution >= 4 is 12.0 Å². The summed E-state index contributed by atoms with van der Waals surface area (Å²) in [7, 11) is 1.60. The lowest BCUT2D eigenvalue weighted by Gasteiger charge is -2.31. The standard InChI is InChI=1S/C21H29N3O4/c1-3-28-20(25)18-17(13-22-15-7-5-4-6-8-15)23-21(26)24-19(18)14-9-11-16(27-2)12-10-14/h9-12,15,19,22H,3-8,13H2,1-2H3,(H2,23,24,26)/t19-/m1/s1. The van der Waals surface area contributed by atoms with E-state index in [0.29, 0.717) is 29.6 Å². The van der Waals surface area contributed by atoms with E-state index in [1.807, 2.05) is 24.3 Å². The number of ether oxygens (including phenoxy) is 2. The largest absolute Gasteiger partial charge is 0.497 e. The van der Waals surface area contributed by atoms with Crippen molar-refractivity contribution in [1.82, 2.24) is 16.0 Å². The number of methoxy groups -OCH3 is 1. The number of carbonyl (C=O) groups is 2. The van der Waals surface area contributed by atoms with Gasteiger partial charge in [0.15, 0.2) is 0 Å². The Kier molecular flexibility index (Phi) is 6.92. The molecule has 28 heavy (non-hydrogen) atoms. The average Bonchev–Trinajstić information content (AvgIpc) is 2.72. The summed E-state index contributed by atoms with van der Waals surface area (Å²) in [5.74, 6) is 0.293. The van der Waals surface area contributed by atoms with E-state index < -0.39 is 12.0 Å². The highest BCUT2D eigenvalue weighted by Crippen LogP contribution is 2.29. The molecule has 0 aromatic heterocycles. The molecular weight excluding hydrogens is 358 g/mol. The monoisotopic (exact) mass is 387 g/mol. The summed E-state index contributed by atoms with van der Waals surface area (Å²) in [6.45, 7) is 2.48. The van der Waals surface area contributed by atoms with Crippen molar-refractivity contribution in [2.45, 2.75) is 51.1 Å². The number of rotatable bonds is 7. The highest BCUT2D eigenvalue weighted by Gasteiger charge is 2.33. The van der Waals surface area contributed by atoms with E-state index in [1.165, 1.54) is 19.3 Å². The highest BCUT2D eigenvalue weighted by molar-refractivity contribution is 5.95. The van der Waals surface area contributed by atoms with Gasteiger partial charge in [0.1, 0.15) is 5.75 Å². The van der Waals surface area contributed by atoms with Gasteiger partial charge in [-0.1, -0.05) is 31.4 Å². The van der Waals surface area contributed by atoms with Crippen LogP contribution in [0.3, 0.4) is 0 Å². The number of hydrogen-bond donors (Lipinski definition) is 3. The Morgan fingerprint density at radius 3 is 2.54 bits per heavy atom. The fourth-order valence-corrected chi connectivity index (χ4v) is 3.81. The molecule has 1 saturated carbocycles. The van der Waals surface area contributed by atoms with Crippen molar-refractivity contribution in [3.63, 3.8) is 0 Å². The molecule has 7 heteroatoms. The van der Waals surface area contributed by atoms with Gasteiger partial charge < -0.3 is 25.4 Å². The Labute approximate surface area is 165 Å². The third kappa shape index (κ3) is 4.84. The number of nitrogens with one attached hydrogen (secondary N) is 3. The van der Waals surface area contributed by atoms with Gasteiger partial charge in [0.2, 0.25) is 0 Å². The molecule has 1 heterocycles. The van der Waals surface area contributed by atoms with Crippen LogP contribution in [0.2, 0.25) is 0 Å². The van der Waals surface area contributed by atoms with Crippen molar-refractivity contribution in [3.05, 3.63) is 41.1 Å². The second-order valence-corrected chi connectivity index (χ2v) is 7.13. The zero-order valence-electron chi connectivity index (χ0n) is 16.5. The van der Waals surface area contributed by atoms with Gasteiger partial charge in [-0.05, 0) is 37.5 Å². The summed E-state index contributed by atoms with van der Waals surface area (Å²) in [6.07, 6.45) is 5.94. The molecular formula is C21H29N3O4. The molecule has 1 aliphatic carbocycles. The summed E-state index contributed by atoms with van der Waals surface area (Å²) < 4.78 is 10.5. The lowest BCUT2D eigenvalue weighted by Crippen LogP contribution is -2.49. The third-order valence-electron chi connectivity index (χ3n) is 5.27. The normalized spacial score (nSPS) is 20.4. The van der Waals surface area contributed by atoms with Crippen LogP contribution in [0.1, 0.15) is 50.6 Å². The van der Waals surface area contributed by atoms with Crippen LogP contribution in [0, 0.1) is 0 Å². The predicted molar refractivity (Wildman–Crippen MR) is 106 cm³/mol. The number of hydrogen-bond acceptors (Lipinski definition) is 5. The fourth-order valence-electron chi connectivity index (χ4n) is 3.81. The first-order valence-corrected chi connectivity index (χ1v) is 9.97. The molecule has 1 atom stereocenters. The molecule has 152 valence electrons. The number of benzene rings is 1. The van der Waals surface area contributed by atoms with Crippen LogP contribution in [0.25, 0.3) is 0 Å². The Balaban J connectivity index is 1.88. The number of amides is 2. The van der Waals surface area contributed by atoms with Gasteiger partial charge in [-0.3, -0.25) is 0 Å². The second kappa shape index (κ2) is 9.59. The van der Waals surface area contributed by atoms with E-state index in [2.05, 4.69) is 16.0 Å². The Morgan fingerprint density at radius 1 is 1.18 bits per heavy atom. The smallest absolute Gasteiger partial charge is 0.338 e. The predicted octanol–water partition coefficient (Wildman–Crippen LogP) is 2.79. The topological polar surface area (TPSA) is 88.7 Å². The third-order valence-corrected chi connectivity index (χ3v) is 5.27. The van der Waals surface area contributed by atoms with Crippen molar-refractivity contribution < 1.29 is 19.1 Å². The number of urea groups is 1. The maximum absolute atomic E-state index is 12.7. The van der Waals surface area contributed by atoms with Gasteiger partial charge in [-0.25, -0.2) is 9.59 Å². The van der Waals surface area contributed by atoms with Crippen molar-refractivity contribution in [1.29, 1.82) is 0 Å². The molecule has 3 N–H and O–H groups in total. The number of carbonyl (C=O) groups excluding carboxylic acids is 2. The Morgan fingerprint density at radius 2 is 1.89 bits per heavy atom. The summed E-state index contributed by atoms with van der Waals surface area (Å²) >= 11 is 0. The van der Waals surface area contributed by atoms with E-state index in [1.54, 1.807) is 14.0 Å². The van der Waals surface area contributed by atoms with Crippen molar-refractivity contribution in [2.24, 2.45) is 0 Å². The van der Waals surface area contributed by atoms with Gasteiger partial charge in [-0.2, -0.15) is 0 Å². The maximum Gasteiger partial charge on any atom is 0.338 e. The molecule has 0 spiro atoms. The van der Waals surface area contributed by atoms with Gasteiger partial charge in [-0.15, -0.1) is 0 Å². The lowest BCUT2D eigenvalue weighted by molar-refractivity contribution is -0.139. The maximum atomic E-state index is 12.7. The molecule has 0 bridgehead atoms. The minimum atomic E-state index is -0.568. The van der Waals surface area contributed by atoms with Crippen LogP contribution in [0.15, 0.2) is 35.5 Å². The summed E-state index contributed by atoms with van der Waals surface area (Å²) in [4.78, 5) is 25.0. The average molecular weight is 387 g/mol. The lowest BCUT2D eigenvalue weighted by atomic mass is 9.93. The van der Waals surface area contributed by atoms with Crippen molar-refractivity contribution in [2.75, 3.05) is 20.3 Å². The molecule has 3 rings (SSSR count). The van der Waals surface area contributed by atoms with Gasteiger partial charge in [0.05, 0.1) is 25.3 Å². The van der Waals surface area contributed by atoms with Crippen LogP contribution in [0.5, 0.6) is 5.75 Å². The van der Waals surface area contributed by atoms with Crippen LogP contribution in [-0.2, 0) is 9.53 Å². The van der Waals surface area contributed by atoms with Gasteiger partial charge in [0, 0.05) is 18.3 Å². The summed E-state index contributed by atoms with van der Waals surface area (Å²) in [5, 5.41) is 9.16. The fraction of sp³-hybridized carbons (Fsp3) is 0.524. The SMILES string of the molecule is CCOC(=O)C1=C(CNC2CCCCC2)NC(=O)N[C@@H]1c1ccc(OC)cc1. The van der Waals surface area contributed by atoms with E-state index in [4.69, 9.17) is 9.47 Å².